The van der Waals surface area contributed by atoms with Crippen LogP contribution >= 0.6 is 0 Å². The van der Waals surface area contributed by atoms with Crippen molar-refractivity contribution < 1.29 is 37.2 Å². The van der Waals surface area contributed by atoms with Gasteiger partial charge in [0.25, 0.3) is 0 Å². The molecular weight excluding hydrogens is 212 g/mol. The van der Waals surface area contributed by atoms with Gasteiger partial charge in [0.05, 0.1) is 5.56 Å². The first-order valence-electron chi connectivity index (χ1n) is 2.84. The van der Waals surface area contributed by atoms with E-state index in [0.717, 1.165) is 18.2 Å². The number of phenolic OH excluding ortho intramolecular Hbond substituents is 1. The largest absolute Gasteiger partial charge is 2.00 e. The maximum absolute atomic E-state index is 10.7. The van der Waals surface area contributed by atoms with Crippen molar-refractivity contribution in [3.05, 3.63) is 23.8 Å². The topological polar surface area (TPSA) is 80.6 Å². The number of aromatic carboxylic acids is 1. The van der Waals surface area contributed by atoms with Crippen LogP contribution in [0, 0.1) is 0 Å². The Balaban J connectivity index is 0.00000121. The molecule has 2 N–H and O–H groups in total. The van der Waals surface area contributed by atoms with Crippen molar-refractivity contribution in [2.45, 2.75) is 0 Å². The van der Waals surface area contributed by atoms with Gasteiger partial charge in [0, 0.05) is 0 Å². The van der Waals surface area contributed by atoms with Crippen LogP contribution < -0.4 is 5.11 Å². The van der Waals surface area contributed by atoms with Crippen LogP contribution in [0.15, 0.2) is 18.2 Å². The average Bonchev–Trinajstić information content (AvgIpc) is 1.85. The first kappa shape index (κ1) is 10.8. The number of hydrogen-bond acceptors (Lipinski definition) is 3. The van der Waals surface area contributed by atoms with Crippen molar-refractivity contribution in [2.24, 2.45) is 0 Å². The Morgan fingerprint density at radius 2 is 2.00 bits per heavy atom. The molecule has 0 heterocycles. The second-order valence-electron chi connectivity index (χ2n) is 1.99. The Labute approximate surface area is 78.9 Å². The standard InChI is InChI=1S/C7H6O4.Cu/c8-4-1-2-5(7(10)11)6(9)3-4;/h1-3,8-9H,(H,10,11);/q;+2/p-1. The van der Waals surface area contributed by atoms with Crippen molar-refractivity contribution in [3.63, 3.8) is 0 Å². The van der Waals surface area contributed by atoms with E-state index in [2.05, 4.69) is 0 Å². The monoisotopic (exact) mass is 216 g/mol. The second-order valence-corrected chi connectivity index (χ2v) is 1.99. The smallest absolute Gasteiger partial charge is 0.872 e. The first-order valence-corrected chi connectivity index (χ1v) is 2.84. The van der Waals surface area contributed by atoms with Crippen LogP contribution in [0.4, 0.5) is 0 Å². The molecule has 0 amide bonds. The van der Waals surface area contributed by atoms with Gasteiger partial charge in [-0.2, -0.15) is 0 Å². The van der Waals surface area contributed by atoms with Gasteiger partial charge in [-0.25, -0.2) is 4.79 Å². The summed E-state index contributed by atoms with van der Waals surface area (Å²) in [5, 5.41) is 27.8. The van der Waals surface area contributed by atoms with Gasteiger partial charge in [-0.3, -0.25) is 0 Å². The number of carboxylic acid groups (broad SMARTS) is 1. The van der Waals surface area contributed by atoms with E-state index in [1.807, 2.05) is 0 Å². The Kier molecular flexibility index (Phi) is 3.60. The molecule has 4 nitrogen and oxygen atoms in total. The van der Waals surface area contributed by atoms with Gasteiger partial charge < -0.3 is 15.3 Å². The molecule has 1 aromatic carbocycles. The number of phenols is 1. The summed E-state index contributed by atoms with van der Waals surface area (Å²) in [6, 6.07) is 3.09. The maximum Gasteiger partial charge on any atom is 2.00 e. The van der Waals surface area contributed by atoms with Crippen LogP contribution in [0.5, 0.6) is 11.5 Å². The molecule has 67 valence electrons. The summed E-state index contributed by atoms with van der Waals surface area (Å²) in [6.45, 7) is 0. The van der Waals surface area contributed by atoms with Crippen molar-refractivity contribution in [3.8, 4) is 11.5 Å². The van der Waals surface area contributed by atoms with Gasteiger partial charge in [0.2, 0.25) is 0 Å². The van der Waals surface area contributed by atoms with E-state index in [1.165, 1.54) is 0 Å². The first-order chi connectivity index (χ1) is 5.11. The van der Waals surface area contributed by atoms with Crippen LogP contribution in [0.3, 0.4) is 0 Å². The van der Waals surface area contributed by atoms with Gasteiger partial charge >= 0.3 is 23.0 Å². The minimum atomic E-state index is -1.28. The molecule has 12 heavy (non-hydrogen) atoms. The summed E-state index contributed by atoms with van der Waals surface area (Å²) < 4.78 is 0. The summed E-state index contributed by atoms with van der Waals surface area (Å²) in [5.41, 5.74) is -0.331. The van der Waals surface area contributed by atoms with Crippen molar-refractivity contribution in [1.29, 1.82) is 0 Å². The average molecular weight is 217 g/mol. The number of rotatable bonds is 1. The number of hydrogen-bond donors (Lipinski definition) is 2. The summed E-state index contributed by atoms with van der Waals surface area (Å²) in [5.74, 6) is -2.19. The molecule has 0 aliphatic rings. The minimum absolute atomic E-state index is 0. The van der Waals surface area contributed by atoms with E-state index in [1.54, 1.807) is 0 Å². The molecule has 0 saturated heterocycles. The van der Waals surface area contributed by atoms with E-state index < -0.39 is 11.7 Å². The number of carbonyl (C=O) groups is 1. The Morgan fingerprint density at radius 3 is 2.42 bits per heavy atom. The van der Waals surface area contributed by atoms with Gasteiger partial charge in [-0.05, 0) is 18.2 Å². The van der Waals surface area contributed by atoms with Crippen LogP contribution in [-0.4, -0.2) is 16.2 Å². The normalized spacial score (nSPS) is 8.67. The van der Waals surface area contributed by atoms with Gasteiger partial charge in [-0.1, -0.05) is 5.75 Å². The Bertz CT molecular complexity index is 297. The molecular formula is C7H5CuO4+. The molecule has 0 aromatic heterocycles. The predicted molar refractivity (Wildman–Crippen MR) is 34.5 cm³/mol. The zero-order valence-corrected chi connectivity index (χ0v) is 6.69. The third-order valence-electron chi connectivity index (χ3n) is 1.20. The SMILES string of the molecule is O=C(O)c1ccc(O)cc1[O-].[Cu+2]. The quantitative estimate of drug-likeness (QED) is 0.656. The summed E-state index contributed by atoms with van der Waals surface area (Å²) in [4.78, 5) is 10.3. The van der Waals surface area contributed by atoms with E-state index in [-0.39, 0.29) is 28.4 Å². The second kappa shape index (κ2) is 3.99. The minimum Gasteiger partial charge on any atom is -0.872 e. The molecule has 0 aliphatic carbocycles. The van der Waals surface area contributed by atoms with Crippen molar-refractivity contribution in [1.82, 2.24) is 0 Å². The Hall–Kier alpha value is -1.19. The van der Waals surface area contributed by atoms with Gasteiger partial charge in [0.15, 0.2) is 0 Å². The molecule has 1 aromatic rings. The number of benzene rings is 1. The fourth-order valence-electron chi connectivity index (χ4n) is 0.688. The molecule has 0 spiro atoms. The molecule has 1 radical (unpaired) electrons. The van der Waals surface area contributed by atoms with Crippen LogP contribution in [0.2, 0.25) is 0 Å². The zero-order valence-electron chi connectivity index (χ0n) is 5.74. The van der Waals surface area contributed by atoms with Crippen LogP contribution in [0.25, 0.3) is 0 Å². The molecule has 0 saturated carbocycles. The van der Waals surface area contributed by atoms with E-state index >= 15 is 0 Å². The summed E-state index contributed by atoms with van der Waals surface area (Å²) in [7, 11) is 0. The third-order valence-corrected chi connectivity index (χ3v) is 1.20. The fourth-order valence-corrected chi connectivity index (χ4v) is 0.688. The summed E-state index contributed by atoms with van der Waals surface area (Å²) in [6.07, 6.45) is 0. The fraction of sp³-hybridized carbons (Fsp3) is 0. The molecule has 1 rings (SSSR count). The third kappa shape index (κ3) is 2.15. The van der Waals surface area contributed by atoms with Crippen LogP contribution in [-0.2, 0) is 17.1 Å². The van der Waals surface area contributed by atoms with E-state index in [4.69, 9.17) is 10.2 Å². The molecule has 0 unspecified atom stereocenters. The van der Waals surface area contributed by atoms with E-state index in [0.29, 0.717) is 0 Å². The number of aromatic hydroxyl groups is 1. The maximum atomic E-state index is 10.7. The molecule has 0 atom stereocenters. The predicted octanol–water partition coefficient (Wildman–Crippen LogP) is 0.161. The van der Waals surface area contributed by atoms with Crippen LogP contribution in [0.1, 0.15) is 10.4 Å². The molecule has 0 aliphatic heterocycles. The zero-order chi connectivity index (χ0) is 8.43. The van der Waals surface area contributed by atoms with Crippen molar-refractivity contribution >= 4 is 5.97 Å². The Morgan fingerprint density at radius 1 is 1.42 bits per heavy atom. The van der Waals surface area contributed by atoms with Gasteiger partial charge in [0.1, 0.15) is 5.75 Å². The number of carboxylic acids is 1. The van der Waals surface area contributed by atoms with Crippen molar-refractivity contribution in [2.75, 3.05) is 0 Å². The summed E-state index contributed by atoms with van der Waals surface area (Å²) >= 11 is 0. The molecule has 0 fully saturated rings. The van der Waals surface area contributed by atoms with E-state index in [9.17, 15) is 9.90 Å². The van der Waals surface area contributed by atoms with Gasteiger partial charge in [-0.15, -0.1) is 0 Å². The molecule has 0 bridgehead atoms. The molecule has 5 heteroatoms.